The number of carbonyl (C=O) groups is 2. The summed E-state index contributed by atoms with van der Waals surface area (Å²) in [4.78, 5) is 23.4. The van der Waals surface area contributed by atoms with Gasteiger partial charge in [0, 0.05) is 23.0 Å². The molecule has 1 heterocycles. The molecular weight excluding hydrogens is 308 g/mol. The first-order valence-corrected chi connectivity index (χ1v) is 7.66. The number of benzene rings is 2. The minimum Gasteiger partial charge on any atom is -0.486 e. The van der Waals surface area contributed by atoms with Crippen LogP contribution in [-0.4, -0.2) is 31.4 Å². The van der Waals surface area contributed by atoms with Crippen molar-refractivity contribution in [1.29, 1.82) is 0 Å². The average Bonchev–Trinajstić information content (AvgIpc) is 2.60. The fraction of sp³-hybridized carbons (Fsp3) is 0.222. The van der Waals surface area contributed by atoms with Crippen molar-refractivity contribution in [2.75, 3.05) is 30.4 Å². The van der Waals surface area contributed by atoms with E-state index in [0.29, 0.717) is 36.0 Å². The number of ketones is 1. The zero-order chi connectivity index (χ0) is 16.9. The summed E-state index contributed by atoms with van der Waals surface area (Å²) in [6.07, 6.45) is 0. The van der Waals surface area contributed by atoms with Crippen LogP contribution in [0.2, 0.25) is 0 Å². The maximum Gasteiger partial charge on any atom is 0.243 e. The van der Waals surface area contributed by atoms with Gasteiger partial charge in [-0.3, -0.25) is 9.59 Å². The van der Waals surface area contributed by atoms with Crippen molar-refractivity contribution < 1.29 is 19.1 Å². The van der Waals surface area contributed by atoms with Crippen LogP contribution in [0, 0.1) is 0 Å². The van der Waals surface area contributed by atoms with E-state index in [1.54, 1.807) is 36.4 Å². The van der Waals surface area contributed by atoms with Crippen LogP contribution >= 0.6 is 0 Å². The third kappa shape index (κ3) is 3.84. The van der Waals surface area contributed by atoms with Gasteiger partial charge in [0.1, 0.15) is 13.2 Å². The lowest BCUT2D eigenvalue weighted by atomic mass is 10.1. The molecular formula is C18H18N2O4. The van der Waals surface area contributed by atoms with Gasteiger partial charge in [0.15, 0.2) is 17.3 Å². The van der Waals surface area contributed by atoms with E-state index in [0.717, 1.165) is 5.69 Å². The van der Waals surface area contributed by atoms with E-state index in [4.69, 9.17) is 9.47 Å². The monoisotopic (exact) mass is 326 g/mol. The minimum atomic E-state index is -0.195. The molecule has 0 atom stereocenters. The first-order chi connectivity index (χ1) is 11.6. The van der Waals surface area contributed by atoms with E-state index in [2.05, 4.69) is 10.6 Å². The van der Waals surface area contributed by atoms with Crippen LogP contribution in [0.5, 0.6) is 11.5 Å². The molecule has 0 unspecified atom stereocenters. The highest BCUT2D eigenvalue weighted by molar-refractivity contribution is 5.96. The van der Waals surface area contributed by atoms with Gasteiger partial charge in [0.05, 0.1) is 6.54 Å². The second kappa shape index (κ2) is 7.04. The van der Waals surface area contributed by atoms with Crippen molar-refractivity contribution in [1.82, 2.24) is 0 Å². The van der Waals surface area contributed by atoms with E-state index < -0.39 is 0 Å². The van der Waals surface area contributed by atoms with Crippen molar-refractivity contribution in [3.8, 4) is 11.5 Å². The summed E-state index contributed by atoms with van der Waals surface area (Å²) in [5.74, 6) is 1.10. The SMILES string of the molecule is CC(=O)c1cccc(NCC(=O)Nc2ccc3c(c2)OCCO3)c1. The van der Waals surface area contributed by atoms with Crippen LogP contribution in [0.4, 0.5) is 11.4 Å². The second-order valence-electron chi connectivity index (χ2n) is 5.40. The summed E-state index contributed by atoms with van der Waals surface area (Å²) >= 11 is 0. The highest BCUT2D eigenvalue weighted by Crippen LogP contribution is 2.32. The predicted octanol–water partition coefficient (Wildman–Crippen LogP) is 2.71. The Labute approximate surface area is 139 Å². The smallest absolute Gasteiger partial charge is 0.243 e. The Balaban J connectivity index is 1.58. The molecule has 1 amide bonds. The molecule has 0 bridgehead atoms. The third-order valence-electron chi connectivity index (χ3n) is 3.55. The Morgan fingerprint density at radius 2 is 1.79 bits per heavy atom. The van der Waals surface area contributed by atoms with E-state index in [9.17, 15) is 9.59 Å². The van der Waals surface area contributed by atoms with Gasteiger partial charge in [-0.15, -0.1) is 0 Å². The molecule has 0 spiro atoms. The summed E-state index contributed by atoms with van der Waals surface area (Å²) in [5, 5.41) is 5.80. The molecule has 1 aliphatic rings. The minimum absolute atomic E-state index is 0.0145. The molecule has 0 aliphatic carbocycles. The largest absolute Gasteiger partial charge is 0.486 e. The number of rotatable bonds is 5. The molecule has 3 rings (SSSR count). The topological polar surface area (TPSA) is 76.7 Å². The van der Waals surface area contributed by atoms with Crippen molar-refractivity contribution in [2.24, 2.45) is 0 Å². The average molecular weight is 326 g/mol. The molecule has 0 fully saturated rings. The van der Waals surface area contributed by atoms with Gasteiger partial charge < -0.3 is 20.1 Å². The van der Waals surface area contributed by atoms with Crippen molar-refractivity contribution in [3.05, 3.63) is 48.0 Å². The van der Waals surface area contributed by atoms with E-state index in [1.807, 2.05) is 6.07 Å². The summed E-state index contributed by atoms with van der Waals surface area (Å²) < 4.78 is 10.9. The lowest BCUT2D eigenvalue weighted by Gasteiger charge is -2.19. The number of Topliss-reactive ketones (excluding diaryl/α,β-unsaturated/α-hetero) is 1. The molecule has 2 aromatic rings. The zero-order valence-corrected chi connectivity index (χ0v) is 13.3. The first-order valence-electron chi connectivity index (χ1n) is 7.66. The number of ether oxygens (including phenoxy) is 2. The molecule has 2 aromatic carbocycles. The summed E-state index contributed by atoms with van der Waals surface area (Å²) in [6.45, 7) is 2.63. The van der Waals surface area contributed by atoms with Gasteiger partial charge in [-0.2, -0.15) is 0 Å². The molecule has 124 valence electrons. The summed E-state index contributed by atoms with van der Waals surface area (Å²) in [6, 6.07) is 12.3. The number of hydrogen-bond acceptors (Lipinski definition) is 5. The predicted molar refractivity (Wildman–Crippen MR) is 91.0 cm³/mol. The number of fused-ring (bicyclic) bond motifs is 1. The number of anilines is 2. The standard InChI is InChI=1S/C18H18N2O4/c1-12(21)13-3-2-4-14(9-13)19-11-18(22)20-15-5-6-16-17(10-15)24-8-7-23-16/h2-6,9-10,19H,7-8,11H2,1H3,(H,20,22). The van der Waals surface area contributed by atoms with Crippen LogP contribution in [-0.2, 0) is 4.79 Å². The molecule has 6 nitrogen and oxygen atoms in total. The maximum atomic E-state index is 12.1. The van der Waals surface area contributed by atoms with Crippen molar-refractivity contribution >= 4 is 23.1 Å². The molecule has 0 radical (unpaired) electrons. The number of carbonyl (C=O) groups excluding carboxylic acids is 2. The molecule has 0 saturated carbocycles. The lowest BCUT2D eigenvalue weighted by molar-refractivity contribution is -0.114. The van der Waals surface area contributed by atoms with E-state index >= 15 is 0 Å². The van der Waals surface area contributed by atoms with Gasteiger partial charge in [0.25, 0.3) is 0 Å². The first kappa shape index (κ1) is 15.9. The molecule has 6 heteroatoms. The van der Waals surface area contributed by atoms with Crippen LogP contribution in [0.25, 0.3) is 0 Å². The third-order valence-corrected chi connectivity index (χ3v) is 3.55. The lowest BCUT2D eigenvalue weighted by Crippen LogP contribution is -2.22. The van der Waals surface area contributed by atoms with Crippen molar-refractivity contribution in [2.45, 2.75) is 6.92 Å². The number of amides is 1. The van der Waals surface area contributed by atoms with E-state index in [-0.39, 0.29) is 18.2 Å². The normalized spacial score (nSPS) is 12.4. The van der Waals surface area contributed by atoms with Gasteiger partial charge in [-0.05, 0) is 31.2 Å². The zero-order valence-electron chi connectivity index (χ0n) is 13.3. The Morgan fingerprint density at radius 3 is 2.58 bits per heavy atom. The number of nitrogens with one attached hydrogen (secondary N) is 2. The Kier molecular flexibility index (Phi) is 4.65. The Hall–Kier alpha value is -3.02. The Bertz CT molecular complexity index is 773. The van der Waals surface area contributed by atoms with Crippen LogP contribution in [0.3, 0.4) is 0 Å². The quantitative estimate of drug-likeness (QED) is 0.826. The highest BCUT2D eigenvalue weighted by atomic mass is 16.6. The fourth-order valence-corrected chi connectivity index (χ4v) is 2.36. The molecule has 1 aliphatic heterocycles. The number of hydrogen-bond donors (Lipinski definition) is 2. The Morgan fingerprint density at radius 1 is 1.00 bits per heavy atom. The summed E-state index contributed by atoms with van der Waals surface area (Å²) in [5.41, 5.74) is 1.97. The molecule has 24 heavy (non-hydrogen) atoms. The van der Waals surface area contributed by atoms with Crippen LogP contribution in [0.15, 0.2) is 42.5 Å². The highest BCUT2D eigenvalue weighted by Gasteiger charge is 2.12. The fourth-order valence-electron chi connectivity index (χ4n) is 2.36. The van der Waals surface area contributed by atoms with Crippen LogP contribution in [0.1, 0.15) is 17.3 Å². The molecule has 0 aromatic heterocycles. The van der Waals surface area contributed by atoms with Gasteiger partial charge in [0.2, 0.25) is 5.91 Å². The van der Waals surface area contributed by atoms with Crippen molar-refractivity contribution in [3.63, 3.8) is 0 Å². The summed E-state index contributed by atoms with van der Waals surface area (Å²) in [7, 11) is 0. The second-order valence-corrected chi connectivity index (χ2v) is 5.40. The maximum absolute atomic E-state index is 12.1. The molecule has 2 N–H and O–H groups in total. The molecule has 0 saturated heterocycles. The van der Waals surface area contributed by atoms with Gasteiger partial charge in [-0.25, -0.2) is 0 Å². The van der Waals surface area contributed by atoms with Gasteiger partial charge >= 0.3 is 0 Å². The van der Waals surface area contributed by atoms with Crippen LogP contribution < -0.4 is 20.1 Å². The van der Waals surface area contributed by atoms with Gasteiger partial charge in [-0.1, -0.05) is 12.1 Å². The van der Waals surface area contributed by atoms with E-state index in [1.165, 1.54) is 6.92 Å².